The number of aromatic nitrogens is 1. The van der Waals surface area contributed by atoms with Crippen LogP contribution in [0.3, 0.4) is 0 Å². The van der Waals surface area contributed by atoms with E-state index >= 15 is 0 Å². The van der Waals surface area contributed by atoms with Crippen LogP contribution in [-0.4, -0.2) is 23.7 Å². The molecule has 21 heavy (non-hydrogen) atoms. The van der Waals surface area contributed by atoms with Gasteiger partial charge in [0.15, 0.2) is 0 Å². The fraction of sp³-hybridized carbons (Fsp3) is 0.722. The van der Waals surface area contributed by atoms with Crippen molar-refractivity contribution in [3.8, 4) is 0 Å². The molecule has 3 heteroatoms. The molecule has 2 aliphatic rings. The lowest BCUT2D eigenvalue weighted by Gasteiger charge is -2.58. The Balaban J connectivity index is 1.67. The van der Waals surface area contributed by atoms with Gasteiger partial charge in [-0.2, -0.15) is 0 Å². The number of rotatable bonds is 5. The first-order chi connectivity index (χ1) is 10.3. The summed E-state index contributed by atoms with van der Waals surface area (Å²) in [6.07, 6.45) is 10.3. The SMILES string of the molecule is CCOC1CC(N[C@H](C)c2ccccn2)C12CCCCC2. The average molecular weight is 288 g/mol. The van der Waals surface area contributed by atoms with E-state index in [-0.39, 0.29) is 0 Å². The van der Waals surface area contributed by atoms with E-state index in [4.69, 9.17) is 4.74 Å². The molecule has 0 radical (unpaired) electrons. The van der Waals surface area contributed by atoms with Crippen LogP contribution in [0.25, 0.3) is 0 Å². The van der Waals surface area contributed by atoms with E-state index in [0.717, 1.165) is 18.7 Å². The molecule has 2 fully saturated rings. The fourth-order valence-electron chi connectivity index (χ4n) is 4.32. The Labute approximate surface area is 128 Å². The van der Waals surface area contributed by atoms with Gasteiger partial charge in [0.1, 0.15) is 0 Å². The van der Waals surface area contributed by atoms with Crippen molar-refractivity contribution in [2.75, 3.05) is 6.61 Å². The quantitative estimate of drug-likeness (QED) is 0.893. The second-order valence-corrected chi connectivity index (χ2v) is 6.67. The van der Waals surface area contributed by atoms with Crippen LogP contribution in [0.4, 0.5) is 0 Å². The Hall–Kier alpha value is -0.930. The largest absolute Gasteiger partial charge is 0.378 e. The zero-order valence-electron chi connectivity index (χ0n) is 13.3. The first kappa shape index (κ1) is 15.0. The van der Waals surface area contributed by atoms with Gasteiger partial charge in [0.25, 0.3) is 0 Å². The monoisotopic (exact) mass is 288 g/mol. The highest BCUT2D eigenvalue weighted by molar-refractivity contribution is 5.13. The summed E-state index contributed by atoms with van der Waals surface area (Å²) in [4.78, 5) is 4.49. The van der Waals surface area contributed by atoms with Crippen molar-refractivity contribution in [3.63, 3.8) is 0 Å². The lowest BCUT2D eigenvalue weighted by molar-refractivity contribution is -0.152. The van der Waals surface area contributed by atoms with Gasteiger partial charge in [0, 0.05) is 30.3 Å². The Bertz CT molecular complexity index is 442. The highest BCUT2D eigenvalue weighted by Gasteiger charge is 2.55. The van der Waals surface area contributed by atoms with Gasteiger partial charge in [0.05, 0.1) is 11.8 Å². The van der Waals surface area contributed by atoms with Crippen molar-refractivity contribution >= 4 is 0 Å². The first-order valence-corrected chi connectivity index (χ1v) is 8.55. The second kappa shape index (κ2) is 6.45. The third kappa shape index (κ3) is 2.86. The van der Waals surface area contributed by atoms with Gasteiger partial charge in [-0.15, -0.1) is 0 Å². The number of hydrogen-bond acceptors (Lipinski definition) is 3. The normalized spacial score (nSPS) is 29.0. The van der Waals surface area contributed by atoms with Crippen molar-refractivity contribution in [3.05, 3.63) is 30.1 Å². The number of ether oxygens (including phenoxy) is 1. The number of nitrogens with zero attached hydrogens (tertiary/aromatic N) is 1. The first-order valence-electron chi connectivity index (χ1n) is 8.55. The number of hydrogen-bond donors (Lipinski definition) is 1. The predicted octanol–water partition coefficient (Wildman–Crippen LogP) is 3.86. The summed E-state index contributed by atoms with van der Waals surface area (Å²) in [5.41, 5.74) is 1.53. The van der Waals surface area contributed by atoms with Crippen LogP contribution in [0.15, 0.2) is 24.4 Å². The summed E-state index contributed by atoms with van der Waals surface area (Å²) < 4.78 is 6.03. The average Bonchev–Trinajstić information content (AvgIpc) is 2.55. The third-order valence-electron chi connectivity index (χ3n) is 5.52. The van der Waals surface area contributed by atoms with Gasteiger partial charge in [-0.1, -0.05) is 25.3 Å². The van der Waals surface area contributed by atoms with Gasteiger partial charge < -0.3 is 10.1 Å². The highest BCUT2D eigenvalue weighted by atomic mass is 16.5. The molecule has 1 aromatic rings. The van der Waals surface area contributed by atoms with Crippen molar-refractivity contribution in [1.29, 1.82) is 0 Å². The molecular weight excluding hydrogens is 260 g/mol. The molecule has 1 heterocycles. The van der Waals surface area contributed by atoms with Crippen LogP contribution in [0, 0.1) is 5.41 Å². The maximum atomic E-state index is 6.03. The van der Waals surface area contributed by atoms with Crippen LogP contribution in [0.1, 0.15) is 64.1 Å². The molecule has 3 nitrogen and oxygen atoms in total. The maximum Gasteiger partial charge on any atom is 0.0661 e. The number of pyridine rings is 1. The maximum absolute atomic E-state index is 6.03. The van der Waals surface area contributed by atoms with E-state index < -0.39 is 0 Å². The van der Waals surface area contributed by atoms with E-state index in [1.165, 1.54) is 32.1 Å². The van der Waals surface area contributed by atoms with E-state index in [9.17, 15) is 0 Å². The minimum absolute atomic E-state index is 0.317. The Morgan fingerprint density at radius 2 is 2.14 bits per heavy atom. The molecule has 0 aliphatic heterocycles. The van der Waals surface area contributed by atoms with Crippen LogP contribution in [0.5, 0.6) is 0 Å². The van der Waals surface area contributed by atoms with Gasteiger partial charge in [-0.05, 0) is 45.2 Å². The van der Waals surface area contributed by atoms with Crippen LogP contribution in [0.2, 0.25) is 0 Å². The van der Waals surface area contributed by atoms with Crippen molar-refractivity contribution in [1.82, 2.24) is 10.3 Å². The summed E-state index contributed by atoms with van der Waals surface area (Å²) in [6, 6.07) is 7.07. The summed E-state index contributed by atoms with van der Waals surface area (Å²) in [5, 5.41) is 3.84. The van der Waals surface area contributed by atoms with Crippen LogP contribution in [-0.2, 0) is 4.74 Å². The summed E-state index contributed by atoms with van der Waals surface area (Å²) >= 11 is 0. The lowest BCUT2D eigenvalue weighted by atomic mass is 9.55. The smallest absolute Gasteiger partial charge is 0.0661 e. The summed E-state index contributed by atoms with van der Waals surface area (Å²) in [5.74, 6) is 0. The molecule has 2 saturated carbocycles. The molecule has 0 saturated heterocycles. The highest BCUT2D eigenvalue weighted by Crippen LogP contribution is 2.53. The molecule has 3 rings (SSSR count). The molecule has 0 bridgehead atoms. The molecule has 1 N–H and O–H groups in total. The molecule has 1 spiro atoms. The third-order valence-corrected chi connectivity index (χ3v) is 5.52. The zero-order chi connectivity index (χ0) is 14.7. The van der Waals surface area contributed by atoms with Gasteiger partial charge in [-0.25, -0.2) is 0 Å². The van der Waals surface area contributed by atoms with Gasteiger partial charge in [0.2, 0.25) is 0 Å². The van der Waals surface area contributed by atoms with Gasteiger partial charge in [-0.3, -0.25) is 4.98 Å². The van der Waals surface area contributed by atoms with Gasteiger partial charge >= 0.3 is 0 Å². The Kier molecular flexibility index (Phi) is 4.60. The van der Waals surface area contributed by atoms with Crippen molar-refractivity contribution in [2.24, 2.45) is 5.41 Å². The molecular formula is C18H28N2O. The Morgan fingerprint density at radius 1 is 1.33 bits per heavy atom. The fourth-order valence-corrected chi connectivity index (χ4v) is 4.32. The summed E-state index contributed by atoms with van der Waals surface area (Å²) in [6.45, 7) is 5.19. The topological polar surface area (TPSA) is 34.1 Å². The van der Waals surface area contributed by atoms with Crippen molar-refractivity contribution < 1.29 is 4.74 Å². The van der Waals surface area contributed by atoms with E-state index in [1.54, 1.807) is 0 Å². The molecule has 116 valence electrons. The summed E-state index contributed by atoms with van der Waals surface area (Å²) in [7, 11) is 0. The predicted molar refractivity (Wildman–Crippen MR) is 85.1 cm³/mol. The Morgan fingerprint density at radius 3 is 2.81 bits per heavy atom. The van der Waals surface area contributed by atoms with E-state index in [2.05, 4.69) is 36.3 Å². The van der Waals surface area contributed by atoms with Crippen LogP contribution < -0.4 is 5.32 Å². The molecule has 0 amide bonds. The minimum atomic E-state index is 0.317. The molecule has 1 aromatic heterocycles. The van der Waals surface area contributed by atoms with Crippen LogP contribution >= 0.6 is 0 Å². The second-order valence-electron chi connectivity index (χ2n) is 6.67. The molecule has 3 atom stereocenters. The van der Waals surface area contributed by atoms with E-state index in [0.29, 0.717) is 23.6 Å². The molecule has 2 unspecified atom stereocenters. The van der Waals surface area contributed by atoms with E-state index in [1.807, 2.05) is 12.3 Å². The molecule has 0 aromatic carbocycles. The minimum Gasteiger partial charge on any atom is -0.378 e. The molecule has 2 aliphatic carbocycles. The zero-order valence-corrected chi connectivity index (χ0v) is 13.3. The standard InChI is InChI=1S/C18H28N2O/c1-3-21-17-13-16(18(17)10-6-4-7-11-18)20-14(2)15-9-5-8-12-19-15/h5,8-9,12,14,16-17,20H,3-4,6-7,10-11,13H2,1-2H3/t14-,16?,17?/m1/s1. The lowest BCUT2D eigenvalue weighted by Crippen LogP contribution is -2.64. The number of nitrogens with one attached hydrogen (secondary N) is 1. The van der Waals surface area contributed by atoms with Crippen molar-refractivity contribution in [2.45, 2.75) is 70.6 Å².